The first kappa shape index (κ1) is 11.0. The smallest absolute Gasteiger partial charge is 0.187 e. The number of nitrogens with two attached hydrogens (primary N) is 1. The first-order chi connectivity index (χ1) is 6.15. The van der Waals surface area contributed by atoms with Crippen LogP contribution in [0.15, 0.2) is 17.3 Å². The second-order valence-electron chi connectivity index (χ2n) is 2.88. The molecule has 74 valence electrons. The number of aliphatic imine (C=N–C) groups is 1. The largest absolute Gasteiger partial charge is 0.291 e. The summed E-state index contributed by atoms with van der Waals surface area (Å²) in [5.41, 5.74) is 6.60. The van der Waals surface area contributed by atoms with Crippen LogP contribution in [0.1, 0.15) is 19.8 Å². The zero-order valence-electron chi connectivity index (χ0n) is 7.45. The molecule has 0 saturated heterocycles. The summed E-state index contributed by atoms with van der Waals surface area (Å²) in [6, 6.07) is 0. The van der Waals surface area contributed by atoms with Gasteiger partial charge in [0.15, 0.2) is 6.29 Å². The molecule has 1 rings (SSSR count). The van der Waals surface area contributed by atoms with Gasteiger partial charge in [-0.2, -0.15) is 0 Å². The van der Waals surface area contributed by atoms with Crippen molar-refractivity contribution in [1.82, 2.24) is 4.42 Å². The molecule has 1 aliphatic rings. The summed E-state index contributed by atoms with van der Waals surface area (Å²) in [5.74, 6) is 0. The van der Waals surface area contributed by atoms with Gasteiger partial charge in [-0.1, -0.05) is 29.3 Å². The number of hydrogen-bond donors (Lipinski definition) is 1. The van der Waals surface area contributed by atoms with Gasteiger partial charge in [-0.25, -0.2) is 4.99 Å². The molecule has 0 spiro atoms. The molecule has 5 heteroatoms. The van der Waals surface area contributed by atoms with E-state index in [1.54, 1.807) is 6.20 Å². The lowest BCUT2D eigenvalue weighted by Gasteiger charge is -2.22. The molecule has 0 amide bonds. The highest BCUT2D eigenvalue weighted by molar-refractivity contribution is 9.10. The van der Waals surface area contributed by atoms with Crippen LogP contribution < -0.4 is 5.73 Å². The van der Waals surface area contributed by atoms with Crippen LogP contribution in [0.4, 0.5) is 0 Å². The van der Waals surface area contributed by atoms with Crippen molar-refractivity contribution in [2.24, 2.45) is 10.7 Å². The number of hydrogen-bond acceptors (Lipinski definition) is 3. The van der Waals surface area contributed by atoms with Gasteiger partial charge in [-0.05, 0) is 12.5 Å². The molecule has 1 aliphatic heterocycles. The second-order valence-corrected chi connectivity index (χ2v) is 4.38. The molecular formula is C8H13BrClN3. The van der Waals surface area contributed by atoms with Gasteiger partial charge in [0, 0.05) is 18.0 Å². The SMILES string of the molecule is CCCC(Br)C1=N[C@H](N)N(Cl)C=C1. The number of allylic oxidation sites excluding steroid dienone is 1. The van der Waals surface area contributed by atoms with Crippen molar-refractivity contribution in [3.8, 4) is 0 Å². The zero-order valence-corrected chi connectivity index (χ0v) is 9.79. The topological polar surface area (TPSA) is 41.6 Å². The normalized spacial score (nSPS) is 24.5. The van der Waals surface area contributed by atoms with E-state index in [0.717, 1.165) is 18.6 Å². The van der Waals surface area contributed by atoms with E-state index in [2.05, 4.69) is 27.8 Å². The Bertz CT molecular complexity index is 229. The van der Waals surface area contributed by atoms with Gasteiger partial charge >= 0.3 is 0 Å². The molecule has 0 bridgehead atoms. The molecule has 1 unspecified atom stereocenters. The lowest BCUT2D eigenvalue weighted by Crippen LogP contribution is -2.35. The van der Waals surface area contributed by atoms with E-state index >= 15 is 0 Å². The third kappa shape index (κ3) is 2.97. The lowest BCUT2D eigenvalue weighted by atomic mass is 10.1. The summed E-state index contributed by atoms with van der Waals surface area (Å²) in [4.78, 5) is 4.52. The molecule has 0 aromatic carbocycles. The summed E-state index contributed by atoms with van der Waals surface area (Å²) in [5, 5.41) is 0. The Hall–Kier alpha value is -0.0600. The second kappa shape index (κ2) is 4.98. The van der Waals surface area contributed by atoms with Gasteiger partial charge in [0.2, 0.25) is 0 Å². The molecule has 2 N–H and O–H groups in total. The summed E-state index contributed by atoms with van der Waals surface area (Å²) in [6.45, 7) is 2.13. The van der Waals surface area contributed by atoms with Crippen LogP contribution in [0.3, 0.4) is 0 Å². The summed E-state index contributed by atoms with van der Waals surface area (Å²) in [6.07, 6.45) is 5.32. The fourth-order valence-electron chi connectivity index (χ4n) is 1.07. The van der Waals surface area contributed by atoms with E-state index in [1.165, 1.54) is 4.42 Å². The van der Waals surface area contributed by atoms with Crippen molar-refractivity contribution in [2.75, 3.05) is 0 Å². The quantitative estimate of drug-likeness (QED) is 0.629. The number of halogens is 2. The Balaban J connectivity index is 2.61. The maximum Gasteiger partial charge on any atom is 0.187 e. The average Bonchev–Trinajstić information content (AvgIpc) is 2.10. The van der Waals surface area contributed by atoms with Crippen LogP contribution >= 0.6 is 27.7 Å². The Kier molecular flexibility index (Phi) is 4.22. The first-order valence-corrected chi connectivity index (χ1v) is 5.50. The Morgan fingerprint density at radius 3 is 3.08 bits per heavy atom. The number of nitrogens with zero attached hydrogens (tertiary/aromatic N) is 2. The minimum absolute atomic E-state index is 0.283. The highest BCUT2D eigenvalue weighted by Gasteiger charge is 2.16. The van der Waals surface area contributed by atoms with Crippen LogP contribution in [-0.4, -0.2) is 21.2 Å². The van der Waals surface area contributed by atoms with Crippen molar-refractivity contribution in [3.05, 3.63) is 12.3 Å². The van der Waals surface area contributed by atoms with Crippen LogP contribution in [0.5, 0.6) is 0 Å². The van der Waals surface area contributed by atoms with Crippen molar-refractivity contribution in [3.63, 3.8) is 0 Å². The number of rotatable bonds is 3. The third-order valence-corrected chi connectivity index (χ3v) is 3.02. The van der Waals surface area contributed by atoms with Gasteiger partial charge < -0.3 is 0 Å². The molecule has 0 aromatic rings. The molecular weight excluding hydrogens is 253 g/mol. The highest BCUT2D eigenvalue weighted by atomic mass is 79.9. The minimum atomic E-state index is -0.460. The molecule has 3 nitrogen and oxygen atoms in total. The molecule has 0 aromatic heterocycles. The van der Waals surface area contributed by atoms with Gasteiger partial charge in [-0.15, -0.1) is 0 Å². The van der Waals surface area contributed by atoms with E-state index in [0.29, 0.717) is 0 Å². The Morgan fingerprint density at radius 1 is 1.85 bits per heavy atom. The van der Waals surface area contributed by atoms with Gasteiger partial charge in [-0.3, -0.25) is 10.2 Å². The monoisotopic (exact) mass is 265 g/mol. The molecule has 0 saturated carbocycles. The Morgan fingerprint density at radius 2 is 2.54 bits per heavy atom. The fraction of sp³-hybridized carbons (Fsp3) is 0.625. The standard InChI is InChI=1S/C8H13BrClN3/c1-2-3-6(9)7-4-5-13(10)8(11)12-7/h4-6,8H,2-3,11H2,1H3/t6?,8-/m0/s1. The fourth-order valence-corrected chi connectivity index (χ4v) is 1.90. The van der Waals surface area contributed by atoms with E-state index < -0.39 is 6.29 Å². The lowest BCUT2D eigenvalue weighted by molar-refractivity contribution is 0.450. The zero-order chi connectivity index (χ0) is 9.84. The predicted molar refractivity (Wildman–Crippen MR) is 59.9 cm³/mol. The van der Waals surface area contributed by atoms with E-state index in [9.17, 15) is 0 Å². The van der Waals surface area contributed by atoms with Crippen LogP contribution in [0, 0.1) is 0 Å². The predicted octanol–water partition coefficient (Wildman–Crippen LogP) is 2.22. The van der Waals surface area contributed by atoms with Crippen LogP contribution in [0.25, 0.3) is 0 Å². The van der Waals surface area contributed by atoms with Gasteiger partial charge in [0.1, 0.15) is 0 Å². The van der Waals surface area contributed by atoms with Gasteiger partial charge in [0.05, 0.1) is 10.5 Å². The summed E-state index contributed by atoms with van der Waals surface area (Å²) >= 11 is 9.26. The molecule has 1 heterocycles. The average molecular weight is 267 g/mol. The third-order valence-electron chi connectivity index (χ3n) is 1.78. The number of alkyl halides is 1. The molecule has 13 heavy (non-hydrogen) atoms. The minimum Gasteiger partial charge on any atom is -0.291 e. The van der Waals surface area contributed by atoms with E-state index in [1.807, 2.05) is 6.08 Å². The Labute approximate surface area is 91.9 Å². The molecule has 0 fully saturated rings. The van der Waals surface area contributed by atoms with E-state index in [4.69, 9.17) is 17.5 Å². The van der Waals surface area contributed by atoms with E-state index in [-0.39, 0.29) is 4.83 Å². The van der Waals surface area contributed by atoms with Crippen molar-refractivity contribution in [1.29, 1.82) is 0 Å². The summed E-state index contributed by atoms with van der Waals surface area (Å²) < 4.78 is 1.36. The van der Waals surface area contributed by atoms with Crippen molar-refractivity contribution >= 4 is 33.4 Å². The maximum atomic E-state index is 5.71. The maximum absolute atomic E-state index is 5.71. The van der Waals surface area contributed by atoms with Crippen molar-refractivity contribution < 1.29 is 0 Å². The van der Waals surface area contributed by atoms with Crippen LogP contribution in [0.2, 0.25) is 0 Å². The van der Waals surface area contributed by atoms with Crippen LogP contribution in [-0.2, 0) is 0 Å². The van der Waals surface area contributed by atoms with Crippen molar-refractivity contribution in [2.45, 2.75) is 30.9 Å². The molecule has 0 aliphatic carbocycles. The van der Waals surface area contributed by atoms with Gasteiger partial charge in [0.25, 0.3) is 0 Å². The molecule has 0 radical (unpaired) electrons. The summed E-state index contributed by atoms with van der Waals surface area (Å²) in [7, 11) is 0. The highest BCUT2D eigenvalue weighted by Crippen LogP contribution is 2.16. The molecule has 2 atom stereocenters. The first-order valence-electron chi connectivity index (χ1n) is 4.24.